The summed E-state index contributed by atoms with van der Waals surface area (Å²) in [5, 5.41) is 12.9. The molecule has 0 spiro atoms. The van der Waals surface area contributed by atoms with Crippen molar-refractivity contribution in [2.24, 2.45) is 0 Å². The second-order valence-corrected chi connectivity index (χ2v) is 3.76. The van der Waals surface area contributed by atoms with E-state index >= 15 is 0 Å². The first kappa shape index (κ1) is 9.24. The molecule has 0 atom stereocenters. The predicted octanol–water partition coefficient (Wildman–Crippen LogP) is 1.87. The Morgan fingerprint density at radius 3 is 2.93 bits per heavy atom. The molecule has 0 unspecified atom stereocenters. The highest BCUT2D eigenvalue weighted by atomic mass is 16.4. The van der Waals surface area contributed by atoms with Crippen LogP contribution in [0.5, 0.6) is 0 Å². The van der Waals surface area contributed by atoms with Crippen LogP contribution in [-0.4, -0.2) is 20.9 Å². The van der Waals surface area contributed by atoms with E-state index in [1.807, 2.05) is 4.68 Å². The van der Waals surface area contributed by atoms with Crippen molar-refractivity contribution in [2.45, 2.75) is 38.6 Å². The molecule has 1 aliphatic carbocycles. The summed E-state index contributed by atoms with van der Waals surface area (Å²) in [4.78, 5) is 10.7. The fourth-order valence-corrected chi connectivity index (χ4v) is 1.63. The third kappa shape index (κ3) is 1.64. The molecule has 1 aliphatic rings. The molecule has 2 rings (SSSR count). The smallest absolute Gasteiger partial charge is 0.356 e. The fraction of sp³-hybridized carbons (Fsp3) is 0.600. The van der Waals surface area contributed by atoms with Crippen LogP contribution in [0.3, 0.4) is 0 Å². The maximum Gasteiger partial charge on any atom is 0.356 e. The Kier molecular flexibility index (Phi) is 2.27. The Morgan fingerprint density at radius 1 is 1.71 bits per heavy atom. The summed E-state index contributed by atoms with van der Waals surface area (Å²) in [6.45, 7) is 2.89. The van der Waals surface area contributed by atoms with E-state index in [-0.39, 0.29) is 5.69 Å². The zero-order chi connectivity index (χ0) is 10.1. The van der Waals surface area contributed by atoms with Gasteiger partial charge in [0.05, 0.1) is 0 Å². The molecule has 0 saturated heterocycles. The summed E-state index contributed by atoms with van der Waals surface area (Å²) in [6, 6.07) is 1.72. The van der Waals surface area contributed by atoms with Crippen molar-refractivity contribution in [3.05, 3.63) is 17.5 Å². The van der Waals surface area contributed by atoms with Gasteiger partial charge in [0.15, 0.2) is 5.69 Å². The third-order valence-electron chi connectivity index (χ3n) is 2.46. The summed E-state index contributed by atoms with van der Waals surface area (Å²) >= 11 is 0. The highest BCUT2D eigenvalue weighted by Crippen LogP contribution is 2.40. The average Bonchev–Trinajstić information content (AvgIpc) is 2.89. The SMILES string of the molecule is CCCn1nc(C(=O)O)cc1C1CC1. The lowest BCUT2D eigenvalue weighted by Crippen LogP contribution is -2.05. The van der Waals surface area contributed by atoms with Crippen molar-refractivity contribution in [3.8, 4) is 0 Å². The average molecular weight is 194 g/mol. The van der Waals surface area contributed by atoms with E-state index < -0.39 is 5.97 Å². The first-order chi connectivity index (χ1) is 6.72. The van der Waals surface area contributed by atoms with Crippen molar-refractivity contribution in [2.75, 3.05) is 0 Å². The van der Waals surface area contributed by atoms with E-state index in [1.54, 1.807) is 6.07 Å². The van der Waals surface area contributed by atoms with Gasteiger partial charge in [-0.2, -0.15) is 5.10 Å². The van der Waals surface area contributed by atoms with E-state index in [0.29, 0.717) is 5.92 Å². The maximum absolute atomic E-state index is 10.7. The third-order valence-corrected chi connectivity index (χ3v) is 2.46. The predicted molar refractivity (Wildman–Crippen MR) is 51.5 cm³/mol. The van der Waals surface area contributed by atoms with Crippen LogP contribution in [0.25, 0.3) is 0 Å². The first-order valence-electron chi connectivity index (χ1n) is 5.03. The van der Waals surface area contributed by atoms with Crippen LogP contribution >= 0.6 is 0 Å². The molecule has 0 radical (unpaired) electrons. The minimum Gasteiger partial charge on any atom is -0.476 e. The molecule has 1 heterocycles. The summed E-state index contributed by atoms with van der Waals surface area (Å²) in [7, 11) is 0. The number of carboxylic acids is 1. The number of aromatic nitrogens is 2. The topological polar surface area (TPSA) is 55.1 Å². The zero-order valence-corrected chi connectivity index (χ0v) is 8.23. The number of aryl methyl sites for hydroxylation is 1. The molecule has 0 aromatic carbocycles. The lowest BCUT2D eigenvalue weighted by molar-refractivity contribution is 0.0689. The molecule has 1 saturated carbocycles. The Morgan fingerprint density at radius 2 is 2.43 bits per heavy atom. The Balaban J connectivity index is 2.30. The van der Waals surface area contributed by atoms with Gasteiger partial charge in [-0.15, -0.1) is 0 Å². The molecule has 0 aliphatic heterocycles. The highest BCUT2D eigenvalue weighted by Gasteiger charge is 2.28. The van der Waals surface area contributed by atoms with Crippen LogP contribution in [0.1, 0.15) is 48.3 Å². The van der Waals surface area contributed by atoms with Crippen LogP contribution in [0.15, 0.2) is 6.07 Å². The molecular formula is C10H14N2O2. The van der Waals surface area contributed by atoms with E-state index in [4.69, 9.17) is 5.11 Å². The fourth-order valence-electron chi connectivity index (χ4n) is 1.63. The van der Waals surface area contributed by atoms with Crippen molar-refractivity contribution < 1.29 is 9.90 Å². The largest absolute Gasteiger partial charge is 0.476 e. The second-order valence-electron chi connectivity index (χ2n) is 3.76. The van der Waals surface area contributed by atoms with Gasteiger partial charge >= 0.3 is 5.97 Å². The van der Waals surface area contributed by atoms with Crippen molar-refractivity contribution in [1.82, 2.24) is 9.78 Å². The van der Waals surface area contributed by atoms with Crippen LogP contribution in [-0.2, 0) is 6.54 Å². The van der Waals surface area contributed by atoms with Gasteiger partial charge in [-0.25, -0.2) is 4.79 Å². The number of nitrogens with zero attached hydrogens (tertiary/aromatic N) is 2. The monoisotopic (exact) mass is 194 g/mol. The normalized spacial score (nSPS) is 15.8. The standard InChI is InChI=1S/C10H14N2O2/c1-2-5-12-9(7-3-4-7)6-8(11-12)10(13)14/h6-7H,2-5H2,1H3,(H,13,14). The van der Waals surface area contributed by atoms with Crippen molar-refractivity contribution in [3.63, 3.8) is 0 Å². The number of hydrogen-bond donors (Lipinski definition) is 1. The molecule has 4 heteroatoms. The molecule has 0 bridgehead atoms. The van der Waals surface area contributed by atoms with E-state index in [1.165, 1.54) is 12.8 Å². The van der Waals surface area contributed by atoms with E-state index in [0.717, 1.165) is 18.7 Å². The molecule has 14 heavy (non-hydrogen) atoms. The number of hydrogen-bond acceptors (Lipinski definition) is 2. The minimum absolute atomic E-state index is 0.181. The number of rotatable bonds is 4. The van der Waals surface area contributed by atoms with Crippen LogP contribution in [0, 0.1) is 0 Å². The van der Waals surface area contributed by atoms with Gasteiger partial charge < -0.3 is 5.11 Å². The Labute approximate surface area is 82.5 Å². The molecule has 1 N–H and O–H groups in total. The summed E-state index contributed by atoms with van der Waals surface area (Å²) in [5.74, 6) is -0.371. The Hall–Kier alpha value is -1.32. The maximum atomic E-state index is 10.7. The summed E-state index contributed by atoms with van der Waals surface area (Å²) in [6.07, 6.45) is 3.34. The lowest BCUT2D eigenvalue weighted by atomic mass is 10.2. The van der Waals surface area contributed by atoms with Gasteiger partial charge in [0.2, 0.25) is 0 Å². The molecular weight excluding hydrogens is 180 g/mol. The first-order valence-corrected chi connectivity index (χ1v) is 5.03. The van der Waals surface area contributed by atoms with Crippen LogP contribution in [0.2, 0.25) is 0 Å². The number of aromatic carboxylic acids is 1. The minimum atomic E-state index is -0.929. The molecule has 1 aromatic rings. The van der Waals surface area contributed by atoms with Crippen LogP contribution in [0.4, 0.5) is 0 Å². The van der Waals surface area contributed by atoms with Crippen molar-refractivity contribution in [1.29, 1.82) is 0 Å². The van der Waals surface area contributed by atoms with Gasteiger partial charge in [0, 0.05) is 18.2 Å². The molecule has 4 nitrogen and oxygen atoms in total. The summed E-state index contributed by atoms with van der Waals surface area (Å²) < 4.78 is 1.85. The zero-order valence-electron chi connectivity index (χ0n) is 8.23. The van der Waals surface area contributed by atoms with Gasteiger partial charge in [-0.3, -0.25) is 4.68 Å². The van der Waals surface area contributed by atoms with Gasteiger partial charge in [0.25, 0.3) is 0 Å². The number of carbonyl (C=O) groups is 1. The summed E-state index contributed by atoms with van der Waals surface area (Å²) in [5.41, 5.74) is 1.28. The van der Waals surface area contributed by atoms with Gasteiger partial charge in [0.1, 0.15) is 0 Å². The molecule has 0 amide bonds. The van der Waals surface area contributed by atoms with Crippen LogP contribution < -0.4 is 0 Å². The van der Waals surface area contributed by atoms with Gasteiger partial charge in [-0.1, -0.05) is 6.92 Å². The lowest BCUT2D eigenvalue weighted by Gasteiger charge is -2.02. The number of carboxylic acid groups (broad SMARTS) is 1. The molecule has 1 aromatic heterocycles. The van der Waals surface area contributed by atoms with Gasteiger partial charge in [-0.05, 0) is 25.3 Å². The molecule has 1 fully saturated rings. The second kappa shape index (κ2) is 3.44. The molecule has 76 valence electrons. The van der Waals surface area contributed by atoms with Crippen molar-refractivity contribution >= 4 is 5.97 Å². The van der Waals surface area contributed by atoms with E-state index in [2.05, 4.69) is 12.0 Å². The Bertz CT molecular complexity index is 353. The quantitative estimate of drug-likeness (QED) is 0.796. The van der Waals surface area contributed by atoms with E-state index in [9.17, 15) is 4.79 Å². The highest BCUT2D eigenvalue weighted by molar-refractivity contribution is 5.85.